The number of hydrogen-bond acceptors (Lipinski definition) is 2. The molecule has 0 fully saturated rings. The summed E-state index contributed by atoms with van der Waals surface area (Å²) in [5.41, 5.74) is 0.0187. The van der Waals surface area contributed by atoms with Crippen molar-refractivity contribution in [3.8, 4) is 0 Å². The van der Waals surface area contributed by atoms with E-state index in [4.69, 9.17) is 0 Å². The Kier molecular flexibility index (Phi) is 6.32. The Hall–Kier alpha value is -2.90. The molecule has 0 radical (unpaired) electrons. The van der Waals surface area contributed by atoms with Gasteiger partial charge in [-0.1, -0.05) is 12.1 Å². The Morgan fingerprint density at radius 1 is 0.885 bits per heavy atom. The highest BCUT2D eigenvalue weighted by atomic mass is 19.4. The van der Waals surface area contributed by atoms with Crippen LogP contribution in [0.2, 0.25) is 0 Å². The van der Waals surface area contributed by atoms with E-state index in [1.54, 1.807) is 12.1 Å². The topological polar surface area (TPSA) is 58.2 Å². The van der Waals surface area contributed by atoms with Crippen molar-refractivity contribution in [2.75, 3.05) is 13.1 Å². The number of benzene rings is 2. The van der Waals surface area contributed by atoms with Gasteiger partial charge in [-0.2, -0.15) is 13.2 Å². The molecule has 0 atom stereocenters. The third-order valence-corrected chi connectivity index (χ3v) is 3.53. The maximum atomic E-state index is 12.8. The van der Waals surface area contributed by atoms with Crippen molar-refractivity contribution >= 4 is 11.8 Å². The number of alkyl halides is 3. The molecule has 0 saturated carbocycles. The average Bonchev–Trinajstić information content (AvgIpc) is 2.61. The fourth-order valence-corrected chi connectivity index (χ4v) is 2.13. The molecule has 0 aliphatic heterocycles. The van der Waals surface area contributed by atoms with Gasteiger partial charge >= 0.3 is 6.18 Å². The summed E-state index contributed by atoms with van der Waals surface area (Å²) in [6.45, 7) is 0.00386. The van der Waals surface area contributed by atoms with Crippen LogP contribution in [-0.2, 0) is 17.4 Å². The first kappa shape index (κ1) is 19.4. The van der Waals surface area contributed by atoms with E-state index in [0.717, 1.165) is 29.8 Å². The molecule has 0 unspecified atom stereocenters. The number of amides is 2. The Balaban J connectivity index is 1.74. The van der Waals surface area contributed by atoms with E-state index in [9.17, 15) is 27.2 Å². The lowest BCUT2D eigenvalue weighted by molar-refractivity contribution is -0.137. The third kappa shape index (κ3) is 5.87. The molecule has 0 saturated heterocycles. The molecule has 2 amide bonds. The van der Waals surface area contributed by atoms with E-state index >= 15 is 0 Å². The van der Waals surface area contributed by atoms with Gasteiger partial charge in [-0.3, -0.25) is 9.59 Å². The maximum Gasteiger partial charge on any atom is 0.416 e. The van der Waals surface area contributed by atoms with E-state index in [0.29, 0.717) is 13.0 Å². The van der Waals surface area contributed by atoms with Gasteiger partial charge in [-0.05, 0) is 48.4 Å². The number of rotatable bonds is 6. The fraction of sp³-hybridized carbons (Fsp3) is 0.222. The molecule has 138 valence electrons. The van der Waals surface area contributed by atoms with Crippen molar-refractivity contribution in [1.82, 2.24) is 10.6 Å². The first-order chi connectivity index (χ1) is 12.3. The van der Waals surface area contributed by atoms with Crippen LogP contribution < -0.4 is 10.6 Å². The smallest absolute Gasteiger partial charge is 0.354 e. The molecule has 0 spiro atoms. The highest BCUT2D eigenvalue weighted by molar-refractivity contribution is 5.96. The first-order valence-corrected chi connectivity index (χ1v) is 7.72. The van der Waals surface area contributed by atoms with Gasteiger partial charge in [0.25, 0.3) is 5.91 Å². The Morgan fingerprint density at radius 2 is 1.50 bits per heavy atom. The Bertz CT molecular complexity index is 756. The van der Waals surface area contributed by atoms with Gasteiger partial charge in [0.05, 0.1) is 12.1 Å². The zero-order valence-electron chi connectivity index (χ0n) is 13.6. The second-order valence-electron chi connectivity index (χ2n) is 5.48. The molecule has 0 aliphatic rings. The van der Waals surface area contributed by atoms with Crippen molar-refractivity contribution in [2.24, 2.45) is 0 Å². The maximum absolute atomic E-state index is 12.8. The van der Waals surface area contributed by atoms with Crippen LogP contribution in [0.25, 0.3) is 0 Å². The predicted octanol–water partition coefficient (Wildman–Crippen LogP) is 2.93. The van der Waals surface area contributed by atoms with Crippen LogP contribution in [0.15, 0.2) is 48.5 Å². The van der Waals surface area contributed by atoms with Gasteiger partial charge in [-0.25, -0.2) is 4.39 Å². The van der Waals surface area contributed by atoms with E-state index in [-0.39, 0.29) is 17.9 Å². The molecule has 0 bridgehead atoms. The highest BCUT2D eigenvalue weighted by Gasteiger charge is 2.30. The van der Waals surface area contributed by atoms with E-state index < -0.39 is 23.6 Å². The van der Waals surface area contributed by atoms with Gasteiger partial charge in [0.1, 0.15) is 5.82 Å². The summed E-state index contributed by atoms with van der Waals surface area (Å²) in [6, 6.07) is 9.55. The lowest BCUT2D eigenvalue weighted by atomic mass is 10.1. The van der Waals surface area contributed by atoms with Crippen LogP contribution in [0.1, 0.15) is 21.5 Å². The summed E-state index contributed by atoms with van der Waals surface area (Å²) in [5.74, 6) is -1.43. The minimum absolute atomic E-state index is 0.0251. The predicted molar refractivity (Wildman–Crippen MR) is 86.9 cm³/mol. The van der Waals surface area contributed by atoms with Crippen LogP contribution >= 0.6 is 0 Å². The molecule has 0 heterocycles. The van der Waals surface area contributed by atoms with Crippen molar-refractivity contribution in [2.45, 2.75) is 12.6 Å². The number of nitrogens with one attached hydrogen (secondary N) is 2. The number of hydrogen-bond donors (Lipinski definition) is 2. The fourth-order valence-electron chi connectivity index (χ4n) is 2.13. The van der Waals surface area contributed by atoms with Crippen molar-refractivity contribution in [3.63, 3.8) is 0 Å². The SMILES string of the molecule is O=C(CNC(=O)c1ccc(C(F)(F)F)cc1)NCCc1ccc(F)cc1. The molecule has 26 heavy (non-hydrogen) atoms. The zero-order chi connectivity index (χ0) is 19.2. The van der Waals surface area contributed by atoms with Crippen LogP contribution in [0, 0.1) is 5.82 Å². The van der Waals surface area contributed by atoms with Gasteiger partial charge in [0.2, 0.25) is 5.91 Å². The molecule has 0 aromatic heterocycles. The largest absolute Gasteiger partial charge is 0.416 e. The molecule has 4 nitrogen and oxygen atoms in total. The summed E-state index contributed by atoms with van der Waals surface area (Å²) >= 11 is 0. The molecule has 0 aliphatic carbocycles. The number of carbonyl (C=O) groups excluding carboxylic acids is 2. The molecule has 2 aromatic carbocycles. The van der Waals surface area contributed by atoms with E-state index in [1.807, 2.05) is 0 Å². The van der Waals surface area contributed by atoms with Crippen LogP contribution in [0.3, 0.4) is 0 Å². The van der Waals surface area contributed by atoms with Crippen molar-refractivity contribution in [3.05, 3.63) is 71.0 Å². The van der Waals surface area contributed by atoms with Crippen molar-refractivity contribution in [1.29, 1.82) is 0 Å². The van der Waals surface area contributed by atoms with Gasteiger partial charge in [0.15, 0.2) is 0 Å². The zero-order valence-corrected chi connectivity index (χ0v) is 13.6. The molecule has 2 N–H and O–H groups in total. The van der Waals surface area contributed by atoms with Gasteiger partial charge in [-0.15, -0.1) is 0 Å². The standard InChI is InChI=1S/C18H16F4N2O2/c19-15-7-1-12(2-8-15)9-10-23-16(25)11-24-17(26)13-3-5-14(6-4-13)18(20,21)22/h1-8H,9-11H2,(H,23,25)(H,24,26). The monoisotopic (exact) mass is 368 g/mol. The quantitative estimate of drug-likeness (QED) is 0.771. The second kappa shape index (κ2) is 8.46. The highest BCUT2D eigenvalue weighted by Crippen LogP contribution is 2.29. The molecule has 2 aromatic rings. The number of carbonyl (C=O) groups is 2. The lowest BCUT2D eigenvalue weighted by Crippen LogP contribution is -2.37. The van der Waals surface area contributed by atoms with Crippen molar-refractivity contribution < 1.29 is 27.2 Å². The lowest BCUT2D eigenvalue weighted by Gasteiger charge is -2.09. The number of halogens is 4. The summed E-state index contributed by atoms with van der Waals surface area (Å²) < 4.78 is 50.2. The molecular weight excluding hydrogens is 352 g/mol. The molecular formula is C18H16F4N2O2. The summed E-state index contributed by atoms with van der Waals surface area (Å²) in [6.07, 6.45) is -3.97. The van der Waals surface area contributed by atoms with Gasteiger partial charge in [0, 0.05) is 12.1 Å². The first-order valence-electron chi connectivity index (χ1n) is 7.72. The second-order valence-corrected chi connectivity index (χ2v) is 5.48. The van der Waals surface area contributed by atoms with Crippen LogP contribution in [0.5, 0.6) is 0 Å². The summed E-state index contributed by atoms with van der Waals surface area (Å²) in [7, 11) is 0. The van der Waals surface area contributed by atoms with Crippen LogP contribution in [-0.4, -0.2) is 24.9 Å². The minimum atomic E-state index is -4.47. The minimum Gasteiger partial charge on any atom is -0.354 e. The van der Waals surface area contributed by atoms with E-state index in [1.165, 1.54) is 12.1 Å². The molecule has 2 rings (SSSR count). The van der Waals surface area contributed by atoms with Gasteiger partial charge < -0.3 is 10.6 Å². The Morgan fingerprint density at radius 3 is 2.08 bits per heavy atom. The average molecular weight is 368 g/mol. The Labute approximate surface area is 147 Å². The van der Waals surface area contributed by atoms with Crippen LogP contribution in [0.4, 0.5) is 17.6 Å². The van der Waals surface area contributed by atoms with E-state index in [2.05, 4.69) is 10.6 Å². The molecule has 8 heteroatoms. The summed E-state index contributed by atoms with van der Waals surface area (Å²) in [5, 5.41) is 4.92. The summed E-state index contributed by atoms with van der Waals surface area (Å²) in [4.78, 5) is 23.5. The normalized spacial score (nSPS) is 11.1. The third-order valence-electron chi connectivity index (χ3n) is 3.53.